The highest BCUT2D eigenvalue weighted by Gasteiger charge is 2.26. The van der Waals surface area contributed by atoms with Gasteiger partial charge in [0.15, 0.2) is 6.23 Å². The normalized spacial score (nSPS) is 26.8. The second-order valence-corrected chi connectivity index (χ2v) is 1.69. The molecule has 0 bridgehead atoms. The van der Waals surface area contributed by atoms with Crippen LogP contribution in [0.3, 0.4) is 0 Å². The van der Waals surface area contributed by atoms with Gasteiger partial charge in [-0.15, -0.1) is 0 Å². The Labute approximate surface area is 51.4 Å². The van der Waals surface area contributed by atoms with E-state index in [2.05, 4.69) is 4.74 Å². The third-order valence-electron chi connectivity index (χ3n) is 1.07. The minimum Gasteiger partial charge on any atom is -0.436 e. The smallest absolute Gasteiger partial charge is 0.358 e. The number of rotatable bonds is 0. The van der Waals surface area contributed by atoms with E-state index in [0.717, 1.165) is 0 Å². The second-order valence-electron chi connectivity index (χ2n) is 1.69. The van der Waals surface area contributed by atoms with Gasteiger partial charge in [-0.2, -0.15) is 0 Å². The molecule has 1 atom stereocenters. The van der Waals surface area contributed by atoms with Crippen LogP contribution in [0.1, 0.15) is 0 Å². The van der Waals surface area contributed by atoms with Crippen molar-refractivity contribution in [3.8, 4) is 0 Å². The molecular weight excluding hydrogens is 122 g/mol. The first-order valence-electron chi connectivity index (χ1n) is 2.34. The number of carbonyl (C=O) groups excluding carboxylic acids is 1. The predicted molar refractivity (Wildman–Crippen MR) is 29.5 cm³/mol. The van der Waals surface area contributed by atoms with Crippen molar-refractivity contribution in [3.63, 3.8) is 0 Å². The average Bonchev–Trinajstić information content (AvgIpc) is 1.98. The van der Waals surface area contributed by atoms with Gasteiger partial charge >= 0.3 is 5.97 Å². The molecule has 0 aromatic rings. The molecule has 0 radical (unpaired) electrons. The van der Waals surface area contributed by atoms with Gasteiger partial charge in [0, 0.05) is 0 Å². The van der Waals surface area contributed by atoms with Crippen molar-refractivity contribution in [2.75, 3.05) is 0 Å². The fraction of sp³-hybridized carbons (Fsp3) is 0.250. The number of hydrogen-bond donors (Lipinski definition) is 3. The summed E-state index contributed by atoms with van der Waals surface area (Å²) in [5, 5.41) is 0. The van der Waals surface area contributed by atoms with Crippen LogP contribution in [0.4, 0.5) is 0 Å². The highest BCUT2D eigenvalue weighted by Crippen LogP contribution is 2.09. The molecule has 50 valence electrons. The molecule has 5 heteroatoms. The fourth-order valence-electron chi connectivity index (χ4n) is 0.513. The Hall–Kier alpha value is -1.23. The maximum absolute atomic E-state index is 10.4. The summed E-state index contributed by atoms with van der Waals surface area (Å²) in [6, 6.07) is 0. The monoisotopic (exact) mass is 129 g/mol. The van der Waals surface area contributed by atoms with E-state index in [4.69, 9.17) is 17.2 Å². The lowest BCUT2D eigenvalue weighted by Gasteiger charge is -2.00. The number of nitrogens with two attached hydrogens (primary N) is 3. The highest BCUT2D eigenvalue weighted by molar-refractivity contribution is 5.90. The Morgan fingerprint density at radius 2 is 2.00 bits per heavy atom. The standard InChI is InChI=1S/C4H7N3O2/c5-1-2(6)4(8)9-3(1)7/h3H,5-7H2/t3-/m0/s1. The van der Waals surface area contributed by atoms with Crippen LogP contribution in [0.25, 0.3) is 0 Å². The van der Waals surface area contributed by atoms with E-state index in [1.165, 1.54) is 0 Å². The lowest BCUT2D eigenvalue weighted by molar-refractivity contribution is -0.139. The minimum atomic E-state index is -0.850. The van der Waals surface area contributed by atoms with Gasteiger partial charge in [0.2, 0.25) is 0 Å². The quantitative estimate of drug-likeness (QED) is 0.327. The fourth-order valence-corrected chi connectivity index (χ4v) is 0.513. The maximum atomic E-state index is 10.4. The van der Waals surface area contributed by atoms with Crippen molar-refractivity contribution >= 4 is 5.97 Å². The van der Waals surface area contributed by atoms with Gasteiger partial charge in [0.1, 0.15) is 5.70 Å². The molecule has 0 fully saturated rings. The summed E-state index contributed by atoms with van der Waals surface area (Å²) >= 11 is 0. The van der Waals surface area contributed by atoms with Crippen LogP contribution in [0, 0.1) is 0 Å². The summed E-state index contributed by atoms with van der Waals surface area (Å²) in [7, 11) is 0. The molecule has 0 aromatic heterocycles. The lowest BCUT2D eigenvalue weighted by Crippen LogP contribution is -2.26. The van der Waals surface area contributed by atoms with E-state index in [-0.39, 0.29) is 11.4 Å². The van der Waals surface area contributed by atoms with Crippen LogP contribution in [-0.4, -0.2) is 12.2 Å². The largest absolute Gasteiger partial charge is 0.436 e. The van der Waals surface area contributed by atoms with Crippen LogP contribution in [0.15, 0.2) is 11.4 Å². The molecule has 1 rings (SSSR count). The van der Waals surface area contributed by atoms with Crippen molar-refractivity contribution in [2.45, 2.75) is 6.23 Å². The molecule has 0 unspecified atom stereocenters. The van der Waals surface area contributed by atoms with Gasteiger partial charge in [-0.05, 0) is 0 Å². The first kappa shape index (κ1) is 5.90. The van der Waals surface area contributed by atoms with Crippen LogP contribution >= 0.6 is 0 Å². The number of carbonyl (C=O) groups is 1. The molecule has 9 heavy (non-hydrogen) atoms. The van der Waals surface area contributed by atoms with E-state index in [0.29, 0.717) is 0 Å². The topological polar surface area (TPSA) is 104 Å². The SMILES string of the molecule is NC1=C(N)[C@@H](N)OC1=O. The number of ether oxygens (including phenoxy) is 1. The molecule has 0 amide bonds. The summed E-state index contributed by atoms with van der Waals surface area (Å²) in [4.78, 5) is 10.4. The zero-order chi connectivity index (χ0) is 7.02. The zero-order valence-corrected chi connectivity index (χ0v) is 4.63. The van der Waals surface area contributed by atoms with Crippen molar-refractivity contribution in [1.29, 1.82) is 0 Å². The zero-order valence-electron chi connectivity index (χ0n) is 4.63. The summed E-state index contributed by atoms with van der Waals surface area (Å²) in [6.07, 6.45) is -0.850. The van der Waals surface area contributed by atoms with Gasteiger partial charge in [-0.3, -0.25) is 5.73 Å². The third-order valence-corrected chi connectivity index (χ3v) is 1.07. The summed E-state index contributed by atoms with van der Waals surface area (Å²) in [6.45, 7) is 0. The summed E-state index contributed by atoms with van der Waals surface area (Å²) in [5.41, 5.74) is 15.5. The number of hydrogen-bond acceptors (Lipinski definition) is 5. The molecule has 0 aromatic carbocycles. The molecule has 1 heterocycles. The highest BCUT2D eigenvalue weighted by atomic mass is 16.6. The van der Waals surface area contributed by atoms with Crippen LogP contribution in [0.5, 0.6) is 0 Å². The van der Waals surface area contributed by atoms with Gasteiger partial charge in [-0.25, -0.2) is 4.79 Å². The molecule has 0 spiro atoms. The van der Waals surface area contributed by atoms with Crippen LogP contribution in [-0.2, 0) is 9.53 Å². The van der Waals surface area contributed by atoms with Crippen molar-refractivity contribution < 1.29 is 9.53 Å². The summed E-state index contributed by atoms with van der Waals surface area (Å²) in [5.74, 6) is -0.639. The molecule has 1 aliphatic rings. The van der Waals surface area contributed by atoms with E-state index in [1.807, 2.05) is 0 Å². The van der Waals surface area contributed by atoms with Crippen molar-refractivity contribution in [2.24, 2.45) is 17.2 Å². The van der Waals surface area contributed by atoms with Gasteiger partial charge in [0.05, 0.1) is 5.70 Å². The maximum Gasteiger partial charge on any atom is 0.358 e. The molecular formula is C4H7N3O2. The second kappa shape index (κ2) is 1.63. The molecule has 0 aliphatic carbocycles. The molecule has 0 saturated carbocycles. The van der Waals surface area contributed by atoms with E-state index in [1.54, 1.807) is 0 Å². The first-order valence-corrected chi connectivity index (χ1v) is 2.34. The molecule has 6 N–H and O–H groups in total. The Bertz CT molecular complexity index is 186. The average molecular weight is 129 g/mol. The molecule has 5 nitrogen and oxygen atoms in total. The molecule has 1 aliphatic heterocycles. The van der Waals surface area contributed by atoms with E-state index >= 15 is 0 Å². The molecule has 0 saturated heterocycles. The van der Waals surface area contributed by atoms with E-state index < -0.39 is 12.2 Å². The minimum absolute atomic E-state index is 0.0810. The Kier molecular flexibility index (Phi) is 1.07. The first-order chi connectivity index (χ1) is 4.13. The Morgan fingerprint density at radius 1 is 1.44 bits per heavy atom. The number of cyclic esters (lactones) is 1. The van der Waals surface area contributed by atoms with Crippen LogP contribution < -0.4 is 17.2 Å². The number of esters is 1. The Morgan fingerprint density at radius 3 is 2.11 bits per heavy atom. The van der Waals surface area contributed by atoms with Gasteiger partial charge in [0.25, 0.3) is 0 Å². The lowest BCUT2D eigenvalue weighted by atomic mass is 10.4. The Balaban J connectivity index is 2.92. The van der Waals surface area contributed by atoms with E-state index in [9.17, 15) is 4.79 Å². The predicted octanol–water partition coefficient (Wildman–Crippen LogP) is -2.04. The van der Waals surface area contributed by atoms with Gasteiger partial charge in [-0.1, -0.05) is 0 Å². The van der Waals surface area contributed by atoms with Crippen molar-refractivity contribution in [3.05, 3.63) is 11.4 Å². The van der Waals surface area contributed by atoms with Gasteiger partial charge < -0.3 is 16.2 Å². The van der Waals surface area contributed by atoms with Crippen molar-refractivity contribution in [1.82, 2.24) is 0 Å². The van der Waals surface area contributed by atoms with Crippen LogP contribution in [0.2, 0.25) is 0 Å². The third kappa shape index (κ3) is 0.706. The summed E-state index contributed by atoms with van der Waals surface area (Å²) < 4.78 is 4.40.